The fourth-order valence-corrected chi connectivity index (χ4v) is 4.96. The second kappa shape index (κ2) is 10.6. The third-order valence-corrected chi connectivity index (χ3v) is 7.04. The maximum Gasteiger partial charge on any atom is 0.172 e. The van der Waals surface area contributed by atoms with Gasteiger partial charge in [0.25, 0.3) is 0 Å². The molecule has 2 N–H and O–H groups in total. The SMILES string of the molecule is C=Nc1cncc(C2CC2)c1/C(=N\Cc1ccnc(Nc2nn(CC)cc2Cl)c1)N1CCNC(C)(C)C1. The highest BCUT2D eigenvalue weighted by molar-refractivity contribution is 6.33. The maximum absolute atomic E-state index is 6.34. The molecule has 0 spiro atoms. The van der Waals surface area contributed by atoms with E-state index in [1.54, 1.807) is 23.3 Å². The molecule has 0 amide bonds. The predicted octanol–water partition coefficient (Wildman–Crippen LogP) is 4.93. The molecule has 3 aromatic heterocycles. The molecule has 9 nitrogen and oxygen atoms in total. The number of rotatable bonds is 8. The van der Waals surface area contributed by atoms with E-state index < -0.39 is 0 Å². The second-order valence-electron chi connectivity index (χ2n) is 10.3. The number of hydrogen-bond donors (Lipinski definition) is 2. The lowest BCUT2D eigenvalue weighted by molar-refractivity contribution is 0.225. The number of halogens is 1. The molecule has 0 aromatic carbocycles. The van der Waals surface area contributed by atoms with E-state index in [1.807, 2.05) is 25.3 Å². The topological polar surface area (TPSA) is 95.6 Å². The van der Waals surface area contributed by atoms with E-state index >= 15 is 0 Å². The first-order valence-corrected chi connectivity index (χ1v) is 13.2. The Morgan fingerprint density at radius 1 is 1.32 bits per heavy atom. The molecule has 1 saturated carbocycles. The van der Waals surface area contributed by atoms with E-state index in [0.717, 1.165) is 48.8 Å². The van der Waals surface area contributed by atoms with Gasteiger partial charge < -0.3 is 15.5 Å². The van der Waals surface area contributed by atoms with Crippen LogP contribution in [-0.2, 0) is 13.1 Å². The fraction of sp³-hybridized carbons (Fsp3) is 0.444. The smallest absolute Gasteiger partial charge is 0.172 e. The Morgan fingerprint density at radius 3 is 2.86 bits per heavy atom. The van der Waals surface area contributed by atoms with E-state index in [4.69, 9.17) is 16.6 Å². The van der Waals surface area contributed by atoms with E-state index in [9.17, 15) is 0 Å². The maximum atomic E-state index is 6.34. The number of nitrogens with one attached hydrogen (secondary N) is 2. The Morgan fingerprint density at radius 2 is 2.16 bits per heavy atom. The van der Waals surface area contributed by atoms with Crippen molar-refractivity contribution < 1.29 is 0 Å². The van der Waals surface area contributed by atoms with Crippen LogP contribution < -0.4 is 10.6 Å². The summed E-state index contributed by atoms with van der Waals surface area (Å²) in [4.78, 5) is 20.9. The van der Waals surface area contributed by atoms with Crippen LogP contribution in [0.15, 0.2) is 46.9 Å². The Kier molecular flexibility index (Phi) is 7.26. The molecule has 1 aliphatic heterocycles. The first kappa shape index (κ1) is 25.4. The molecule has 2 aliphatic rings. The molecule has 2 fully saturated rings. The van der Waals surface area contributed by atoms with E-state index in [2.05, 4.69) is 56.2 Å². The van der Waals surface area contributed by atoms with Gasteiger partial charge in [-0.15, -0.1) is 0 Å². The van der Waals surface area contributed by atoms with Crippen molar-refractivity contribution >= 4 is 41.5 Å². The molecule has 0 unspecified atom stereocenters. The number of piperazine rings is 1. The average Bonchev–Trinajstić information content (AvgIpc) is 3.67. The van der Waals surface area contributed by atoms with Crippen LogP contribution in [0.25, 0.3) is 0 Å². The lowest BCUT2D eigenvalue weighted by Crippen LogP contribution is -2.58. The van der Waals surface area contributed by atoms with E-state index in [1.165, 1.54) is 18.4 Å². The van der Waals surface area contributed by atoms with Crippen LogP contribution in [0.1, 0.15) is 56.2 Å². The molecular formula is C27H34ClN9. The predicted molar refractivity (Wildman–Crippen MR) is 150 cm³/mol. The van der Waals surface area contributed by atoms with Gasteiger partial charge in [0.2, 0.25) is 0 Å². The molecule has 5 rings (SSSR count). The van der Waals surface area contributed by atoms with Crippen molar-refractivity contribution in [3.63, 3.8) is 0 Å². The molecular weight excluding hydrogens is 486 g/mol. The highest BCUT2D eigenvalue weighted by atomic mass is 35.5. The van der Waals surface area contributed by atoms with Crippen LogP contribution >= 0.6 is 11.6 Å². The van der Waals surface area contributed by atoms with Crippen LogP contribution in [-0.4, -0.2) is 62.4 Å². The van der Waals surface area contributed by atoms with E-state index in [-0.39, 0.29) is 5.54 Å². The van der Waals surface area contributed by atoms with Crippen molar-refractivity contribution in [2.45, 2.75) is 58.2 Å². The van der Waals surface area contributed by atoms with Crippen LogP contribution in [0, 0.1) is 0 Å². The zero-order valence-electron chi connectivity index (χ0n) is 21.7. The number of aromatic nitrogens is 4. The number of aryl methyl sites for hydroxylation is 1. The minimum atomic E-state index is -0.0253. The van der Waals surface area contributed by atoms with Crippen molar-refractivity contribution in [1.29, 1.82) is 0 Å². The van der Waals surface area contributed by atoms with Gasteiger partial charge in [0.15, 0.2) is 5.82 Å². The molecule has 10 heteroatoms. The Bertz CT molecular complexity index is 1310. The van der Waals surface area contributed by atoms with Crippen molar-refractivity contribution in [3.8, 4) is 0 Å². The minimum absolute atomic E-state index is 0.0253. The van der Waals surface area contributed by atoms with E-state index in [0.29, 0.717) is 29.1 Å². The van der Waals surface area contributed by atoms with Gasteiger partial charge in [-0.1, -0.05) is 11.6 Å². The lowest BCUT2D eigenvalue weighted by Gasteiger charge is -2.41. The molecule has 3 aromatic rings. The third-order valence-electron chi connectivity index (χ3n) is 6.76. The third kappa shape index (κ3) is 5.83. The number of anilines is 2. The van der Waals surface area contributed by atoms with Crippen LogP contribution in [0.3, 0.4) is 0 Å². The molecule has 4 heterocycles. The van der Waals surface area contributed by atoms with Crippen molar-refractivity contribution in [2.75, 3.05) is 25.0 Å². The van der Waals surface area contributed by atoms with Gasteiger partial charge in [0, 0.05) is 55.9 Å². The number of nitrogens with zero attached hydrogens (tertiary/aromatic N) is 7. The van der Waals surface area contributed by atoms with Crippen LogP contribution in [0.2, 0.25) is 5.02 Å². The van der Waals surface area contributed by atoms with Gasteiger partial charge in [0.05, 0.1) is 18.4 Å². The largest absolute Gasteiger partial charge is 0.353 e. The monoisotopic (exact) mass is 519 g/mol. The summed E-state index contributed by atoms with van der Waals surface area (Å²) >= 11 is 6.34. The summed E-state index contributed by atoms with van der Waals surface area (Å²) in [5, 5.41) is 11.9. The average molecular weight is 520 g/mol. The molecule has 194 valence electrons. The Balaban J connectivity index is 1.48. The van der Waals surface area contributed by atoms with Crippen LogP contribution in [0.4, 0.5) is 17.3 Å². The first-order valence-electron chi connectivity index (χ1n) is 12.8. The molecule has 1 aliphatic carbocycles. The summed E-state index contributed by atoms with van der Waals surface area (Å²) in [6, 6.07) is 3.98. The highest BCUT2D eigenvalue weighted by Crippen LogP contribution is 2.44. The number of hydrogen-bond acceptors (Lipinski definition) is 7. The number of amidine groups is 1. The van der Waals surface area contributed by atoms with Gasteiger partial charge in [-0.2, -0.15) is 5.10 Å². The molecule has 0 radical (unpaired) electrons. The second-order valence-corrected chi connectivity index (χ2v) is 10.7. The molecule has 0 bridgehead atoms. The Hall–Kier alpha value is -3.30. The first-order chi connectivity index (χ1) is 17.9. The summed E-state index contributed by atoms with van der Waals surface area (Å²) in [6.45, 7) is 14.2. The molecule has 0 atom stereocenters. The zero-order valence-corrected chi connectivity index (χ0v) is 22.5. The molecule has 1 saturated heterocycles. The summed E-state index contributed by atoms with van der Waals surface area (Å²) in [7, 11) is 0. The van der Waals surface area contributed by atoms with Gasteiger partial charge in [-0.05, 0) is 69.5 Å². The lowest BCUT2D eigenvalue weighted by atomic mass is 9.98. The van der Waals surface area contributed by atoms with Gasteiger partial charge in [0.1, 0.15) is 16.7 Å². The molecule has 37 heavy (non-hydrogen) atoms. The van der Waals surface area contributed by atoms with Crippen molar-refractivity contribution in [3.05, 3.63) is 58.6 Å². The van der Waals surface area contributed by atoms with Crippen molar-refractivity contribution in [1.82, 2.24) is 30.0 Å². The summed E-state index contributed by atoms with van der Waals surface area (Å²) < 4.78 is 1.79. The minimum Gasteiger partial charge on any atom is -0.353 e. The standard InChI is InChI=1S/C27H34ClN9/c1-5-37-16-21(28)25(35-37)34-23-12-18(8-9-31-23)13-32-26(36-11-10-33-27(2,3)17-36)24-20(19-6-7-19)14-30-15-22(24)29-4/h8-9,12,14-16,19,33H,4-7,10-11,13,17H2,1-3H3,(H,31,34,35)/b32-26+. The quantitative estimate of drug-likeness (QED) is 0.323. The Labute approximate surface area is 223 Å². The number of aliphatic imine (C=N–C) groups is 2. The van der Waals surface area contributed by atoms with Crippen molar-refractivity contribution in [2.24, 2.45) is 9.98 Å². The fourth-order valence-electron chi connectivity index (χ4n) is 4.76. The zero-order chi connectivity index (χ0) is 26.0. The van der Waals surface area contributed by atoms with Gasteiger partial charge >= 0.3 is 0 Å². The number of pyridine rings is 2. The summed E-state index contributed by atoms with van der Waals surface area (Å²) in [6.07, 6.45) is 9.71. The normalized spacial score (nSPS) is 17.6. The summed E-state index contributed by atoms with van der Waals surface area (Å²) in [5.74, 6) is 2.73. The summed E-state index contributed by atoms with van der Waals surface area (Å²) in [5.41, 5.74) is 4.08. The van der Waals surface area contributed by atoms with Gasteiger partial charge in [-0.25, -0.2) is 4.98 Å². The van der Waals surface area contributed by atoms with Gasteiger partial charge in [-0.3, -0.25) is 19.7 Å². The van der Waals surface area contributed by atoms with Crippen LogP contribution in [0.5, 0.6) is 0 Å². The highest BCUT2D eigenvalue weighted by Gasteiger charge is 2.34.